The Bertz CT molecular complexity index is 818. The van der Waals surface area contributed by atoms with Crippen molar-refractivity contribution in [2.75, 3.05) is 33.3 Å². The average molecular weight is 373 g/mol. The molecule has 4 rings (SSSR count). The highest BCUT2D eigenvalue weighted by molar-refractivity contribution is 5.84. The summed E-state index contributed by atoms with van der Waals surface area (Å²) in [6.07, 6.45) is 6.20. The molecule has 0 aliphatic carbocycles. The van der Waals surface area contributed by atoms with E-state index in [2.05, 4.69) is 15.7 Å². The second-order valence-electron chi connectivity index (χ2n) is 7.86. The van der Waals surface area contributed by atoms with Crippen LogP contribution in [0, 0.1) is 5.82 Å². The van der Waals surface area contributed by atoms with Crippen molar-refractivity contribution < 1.29 is 13.9 Å². The number of fused-ring (bicyclic) bond motifs is 1. The molecular formula is C21H28FN3O2. The zero-order valence-corrected chi connectivity index (χ0v) is 16.2. The van der Waals surface area contributed by atoms with E-state index in [4.69, 9.17) is 4.74 Å². The molecule has 0 bridgehead atoms. The molecule has 1 aromatic carbocycles. The minimum Gasteiger partial charge on any atom is -0.453 e. The van der Waals surface area contributed by atoms with E-state index in [0.717, 1.165) is 62.8 Å². The first kappa shape index (κ1) is 18.3. The van der Waals surface area contributed by atoms with Crippen LogP contribution in [-0.4, -0.2) is 59.8 Å². The van der Waals surface area contributed by atoms with Gasteiger partial charge in [-0.3, -0.25) is 0 Å². The third-order valence-electron chi connectivity index (χ3n) is 6.37. The molecule has 2 aliphatic rings. The Morgan fingerprint density at radius 2 is 1.81 bits per heavy atom. The molecule has 0 spiro atoms. The lowest BCUT2D eigenvalue weighted by Crippen LogP contribution is -2.48. The van der Waals surface area contributed by atoms with Crippen LogP contribution >= 0.6 is 0 Å². The fourth-order valence-electron chi connectivity index (χ4n) is 4.84. The maximum atomic E-state index is 13.8. The summed E-state index contributed by atoms with van der Waals surface area (Å²) in [6, 6.07) is 5.64. The summed E-state index contributed by atoms with van der Waals surface area (Å²) >= 11 is 0. The van der Waals surface area contributed by atoms with Crippen LogP contribution in [0.1, 0.15) is 37.2 Å². The van der Waals surface area contributed by atoms with Gasteiger partial charge in [-0.25, -0.2) is 9.18 Å². The lowest BCUT2D eigenvalue weighted by Gasteiger charge is -2.41. The van der Waals surface area contributed by atoms with Gasteiger partial charge < -0.3 is 19.1 Å². The number of hydrogen-bond donors (Lipinski definition) is 0. The summed E-state index contributed by atoms with van der Waals surface area (Å²) < 4.78 is 20.7. The van der Waals surface area contributed by atoms with Gasteiger partial charge in [0.15, 0.2) is 0 Å². The molecule has 0 atom stereocenters. The van der Waals surface area contributed by atoms with E-state index in [9.17, 15) is 9.18 Å². The highest BCUT2D eigenvalue weighted by Crippen LogP contribution is 2.35. The highest BCUT2D eigenvalue weighted by atomic mass is 19.1. The van der Waals surface area contributed by atoms with E-state index < -0.39 is 0 Å². The lowest BCUT2D eigenvalue weighted by atomic mass is 9.88. The normalized spacial score (nSPS) is 20.3. The third kappa shape index (κ3) is 3.55. The number of hydrogen-bond acceptors (Lipinski definition) is 3. The maximum absolute atomic E-state index is 13.8. The fourth-order valence-corrected chi connectivity index (χ4v) is 4.84. The molecular weight excluding hydrogens is 345 g/mol. The van der Waals surface area contributed by atoms with E-state index in [0.29, 0.717) is 12.0 Å². The molecule has 5 nitrogen and oxygen atoms in total. The van der Waals surface area contributed by atoms with Crippen molar-refractivity contribution in [1.82, 2.24) is 14.4 Å². The topological polar surface area (TPSA) is 37.7 Å². The molecule has 0 saturated carbocycles. The van der Waals surface area contributed by atoms with Gasteiger partial charge in [-0.15, -0.1) is 0 Å². The van der Waals surface area contributed by atoms with Crippen LogP contribution in [0.4, 0.5) is 9.18 Å². The van der Waals surface area contributed by atoms with Crippen LogP contribution in [0.5, 0.6) is 0 Å². The van der Waals surface area contributed by atoms with E-state index in [-0.39, 0.29) is 11.9 Å². The van der Waals surface area contributed by atoms with Crippen molar-refractivity contribution >= 4 is 17.0 Å². The minimum absolute atomic E-state index is 0.162. The van der Waals surface area contributed by atoms with Crippen LogP contribution in [0.15, 0.2) is 24.4 Å². The van der Waals surface area contributed by atoms with Crippen molar-refractivity contribution in [3.63, 3.8) is 0 Å². The van der Waals surface area contributed by atoms with Crippen LogP contribution in [0.2, 0.25) is 0 Å². The largest absolute Gasteiger partial charge is 0.453 e. The number of aromatic nitrogens is 1. The summed E-state index contributed by atoms with van der Waals surface area (Å²) in [7, 11) is 3.48. The quantitative estimate of drug-likeness (QED) is 0.805. The number of nitrogens with zero attached hydrogens (tertiary/aromatic N) is 3. The van der Waals surface area contributed by atoms with Gasteiger partial charge in [0, 0.05) is 43.3 Å². The summed E-state index contributed by atoms with van der Waals surface area (Å²) in [6.45, 7) is 3.69. The maximum Gasteiger partial charge on any atom is 0.409 e. The minimum atomic E-state index is -0.213. The summed E-state index contributed by atoms with van der Waals surface area (Å²) in [4.78, 5) is 16.0. The number of halogens is 1. The van der Waals surface area contributed by atoms with Gasteiger partial charge in [-0.05, 0) is 68.5 Å². The number of ether oxygens (including phenoxy) is 1. The molecule has 0 N–H and O–H groups in total. The molecule has 3 heterocycles. The molecule has 0 radical (unpaired) electrons. The molecule has 1 aromatic heterocycles. The Balaban J connectivity index is 1.39. The molecule has 6 heteroatoms. The van der Waals surface area contributed by atoms with E-state index in [1.807, 2.05) is 13.1 Å². The molecule has 1 amide bonds. The van der Waals surface area contributed by atoms with E-state index in [1.54, 1.807) is 11.0 Å². The highest BCUT2D eigenvalue weighted by Gasteiger charge is 2.31. The Morgan fingerprint density at radius 3 is 2.48 bits per heavy atom. The van der Waals surface area contributed by atoms with E-state index in [1.165, 1.54) is 18.7 Å². The van der Waals surface area contributed by atoms with Gasteiger partial charge in [0.05, 0.1) is 7.11 Å². The molecule has 146 valence electrons. The molecule has 2 fully saturated rings. The Hall–Kier alpha value is -2.08. The number of likely N-dealkylation sites (tertiary alicyclic amines) is 2. The number of piperidine rings is 2. The van der Waals surface area contributed by atoms with Gasteiger partial charge in [-0.2, -0.15) is 0 Å². The second-order valence-corrected chi connectivity index (χ2v) is 7.86. The summed E-state index contributed by atoms with van der Waals surface area (Å²) in [5.41, 5.74) is 2.39. The van der Waals surface area contributed by atoms with Gasteiger partial charge in [0.2, 0.25) is 0 Å². The Labute approximate surface area is 159 Å². The van der Waals surface area contributed by atoms with Gasteiger partial charge >= 0.3 is 6.09 Å². The van der Waals surface area contributed by atoms with Crippen LogP contribution in [-0.2, 0) is 11.8 Å². The van der Waals surface area contributed by atoms with Gasteiger partial charge in [0.1, 0.15) is 5.82 Å². The van der Waals surface area contributed by atoms with Crippen molar-refractivity contribution in [2.45, 2.75) is 37.6 Å². The average Bonchev–Trinajstić information content (AvgIpc) is 3.03. The SMILES string of the molecule is COC(=O)N1CCC(N2CCC(c3cn(C)c4ccc(F)cc34)CC2)CC1. The zero-order valence-electron chi connectivity index (χ0n) is 16.2. The van der Waals surface area contributed by atoms with E-state index >= 15 is 0 Å². The van der Waals surface area contributed by atoms with Crippen LogP contribution in [0.3, 0.4) is 0 Å². The first-order chi connectivity index (χ1) is 13.1. The predicted octanol–water partition coefficient (Wildman–Crippen LogP) is 3.73. The third-order valence-corrected chi connectivity index (χ3v) is 6.37. The smallest absolute Gasteiger partial charge is 0.409 e. The fraction of sp³-hybridized carbons (Fsp3) is 0.571. The molecule has 2 aromatic rings. The summed E-state index contributed by atoms with van der Waals surface area (Å²) in [5, 5.41) is 1.06. The van der Waals surface area contributed by atoms with Crippen LogP contribution < -0.4 is 0 Å². The first-order valence-electron chi connectivity index (χ1n) is 9.88. The molecule has 0 unspecified atom stereocenters. The van der Waals surface area contributed by atoms with Crippen molar-refractivity contribution in [2.24, 2.45) is 7.05 Å². The van der Waals surface area contributed by atoms with Crippen molar-refractivity contribution in [3.05, 3.63) is 35.8 Å². The molecule has 2 aliphatic heterocycles. The number of rotatable bonds is 2. The Morgan fingerprint density at radius 1 is 1.11 bits per heavy atom. The number of amides is 1. The number of methoxy groups -OCH3 is 1. The number of carbonyl (C=O) groups excluding carboxylic acids is 1. The molecule has 27 heavy (non-hydrogen) atoms. The lowest BCUT2D eigenvalue weighted by molar-refractivity contribution is 0.0734. The monoisotopic (exact) mass is 373 g/mol. The molecule has 2 saturated heterocycles. The zero-order chi connectivity index (χ0) is 19.0. The number of carbonyl (C=O) groups is 1. The van der Waals surface area contributed by atoms with Crippen LogP contribution in [0.25, 0.3) is 10.9 Å². The standard InChI is InChI=1S/C21H28FN3O2/c1-23-14-19(18-13-16(22)3-4-20(18)23)15-5-9-24(10-6-15)17-7-11-25(12-8-17)21(26)27-2/h3-4,13-15,17H,5-12H2,1-2H3. The Kier molecular flexibility index (Phi) is 5.08. The number of aryl methyl sites for hydroxylation is 1. The van der Waals surface area contributed by atoms with Crippen molar-refractivity contribution in [1.29, 1.82) is 0 Å². The number of benzene rings is 1. The van der Waals surface area contributed by atoms with Gasteiger partial charge in [-0.1, -0.05) is 0 Å². The van der Waals surface area contributed by atoms with Crippen molar-refractivity contribution in [3.8, 4) is 0 Å². The van der Waals surface area contributed by atoms with Gasteiger partial charge in [0.25, 0.3) is 0 Å². The predicted molar refractivity (Wildman–Crippen MR) is 103 cm³/mol. The second kappa shape index (κ2) is 7.50. The summed E-state index contributed by atoms with van der Waals surface area (Å²) in [5.74, 6) is 0.326. The first-order valence-corrected chi connectivity index (χ1v) is 9.88.